The van der Waals surface area contributed by atoms with Crippen LogP contribution in [0.5, 0.6) is 11.5 Å². The smallest absolute Gasteiger partial charge is 0.343 e. The summed E-state index contributed by atoms with van der Waals surface area (Å²) in [5.74, 6) is -0.410. The van der Waals surface area contributed by atoms with Gasteiger partial charge in [-0.15, -0.1) is 0 Å². The minimum Gasteiger partial charge on any atom is -0.490 e. The molecular weight excluding hydrogens is 540 g/mol. The average molecular weight is 563 g/mol. The van der Waals surface area contributed by atoms with Crippen molar-refractivity contribution in [3.8, 4) is 28.7 Å². The molecule has 8 nitrogen and oxygen atoms in total. The monoisotopic (exact) mass is 562 g/mol. The van der Waals surface area contributed by atoms with Crippen LogP contribution in [-0.4, -0.2) is 29.7 Å². The van der Waals surface area contributed by atoms with Gasteiger partial charge in [0.1, 0.15) is 11.8 Å². The second-order valence-electron chi connectivity index (χ2n) is 8.79. The Bertz CT molecular complexity index is 1820. The minimum absolute atomic E-state index is 0.214. The van der Waals surface area contributed by atoms with Gasteiger partial charge in [0.05, 0.1) is 29.5 Å². The number of nitrogens with zero attached hydrogens (tertiary/aromatic N) is 2. The predicted molar refractivity (Wildman–Crippen MR) is 158 cm³/mol. The van der Waals surface area contributed by atoms with E-state index in [1.807, 2.05) is 31.2 Å². The number of carbonyl (C=O) groups is 2. The fourth-order valence-electron chi connectivity index (χ4n) is 4.34. The largest absolute Gasteiger partial charge is 0.490 e. The normalized spacial score (nSPS) is 10.9. The van der Waals surface area contributed by atoms with E-state index in [-0.39, 0.29) is 11.4 Å². The summed E-state index contributed by atoms with van der Waals surface area (Å²) in [5, 5.41) is 14.9. The Morgan fingerprint density at radius 1 is 1.00 bits per heavy atom. The van der Waals surface area contributed by atoms with Gasteiger partial charge < -0.3 is 14.5 Å². The number of amides is 1. The number of ether oxygens (including phenoxy) is 2. The molecule has 0 fully saturated rings. The number of esters is 1. The van der Waals surface area contributed by atoms with Crippen molar-refractivity contribution in [2.75, 3.05) is 6.61 Å². The Morgan fingerprint density at radius 2 is 1.78 bits per heavy atom. The molecule has 0 atom stereocenters. The van der Waals surface area contributed by atoms with Gasteiger partial charge in [0.25, 0.3) is 5.91 Å². The highest BCUT2D eigenvalue weighted by molar-refractivity contribution is 6.34. The van der Waals surface area contributed by atoms with Gasteiger partial charge in [-0.05, 0) is 55.0 Å². The fourth-order valence-corrected chi connectivity index (χ4v) is 4.57. The number of H-pyrrole nitrogens is 1. The molecule has 0 saturated carbocycles. The lowest BCUT2D eigenvalue weighted by atomic mass is 10.0. The number of nitriles is 1. The molecule has 0 spiro atoms. The summed E-state index contributed by atoms with van der Waals surface area (Å²) in [7, 11) is 0. The van der Waals surface area contributed by atoms with Crippen molar-refractivity contribution in [2.24, 2.45) is 5.10 Å². The van der Waals surface area contributed by atoms with Gasteiger partial charge in [0.2, 0.25) is 0 Å². The Morgan fingerprint density at radius 3 is 2.54 bits per heavy atom. The average Bonchev–Trinajstić information content (AvgIpc) is 3.39. The number of aromatic amines is 1. The number of fused-ring (bicyclic) bond motifs is 1. The number of hydrogen-bond donors (Lipinski definition) is 2. The summed E-state index contributed by atoms with van der Waals surface area (Å²) in [6.45, 7) is 2.17. The summed E-state index contributed by atoms with van der Waals surface area (Å²) in [6, 6.07) is 28.2. The van der Waals surface area contributed by atoms with Gasteiger partial charge in [-0.25, -0.2) is 10.2 Å². The number of nitrogens with one attached hydrogen (secondary N) is 2. The van der Waals surface area contributed by atoms with Gasteiger partial charge in [0, 0.05) is 21.5 Å². The quantitative estimate of drug-likeness (QED) is 0.0939. The molecule has 0 aliphatic rings. The molecule has 41 heavy (non-hydrogen) atoms. The van der Waals surface area contributed by atoms with Crippen LogP contribution in [0.4, 0.5) is 0 Å². The number of para-hydroxylation sites is 1. The molecule has 0 aliphatic heterocycles. The van der Waals surface area contributed by atoms with Crippen LogP contribution in [0.1, 0.15) is 38.9 Å². The predicted octanol–water partition coefficient (Wildman–Crippen LogP) is 6.74. The first kappa shape index (κ1) is 27.2. The highest BCUT2D eigenvalue weighted by atomic mass is 35.5. The van der Waals surface area contributed by atoms with Crippen molar-refractivity contribution < 1.29 is 19.1 Å². The molecule has 4 aromatic carbocycles. The van der Waals surface area contributed by atoms with Crippen LogP contribution >= 0.6 is 11.6 Å². The van der Waals surface area contributed by atoms with Crippen LogP contribution in [0.3, 0.4) is 0 Å². The van der Waals surface area contributed by atoms with E-state index >= 15 is 0 Å². The van der Waals surface area contributed by atoms with E-state index in [9.17, 15) is 14.9 Å². The van der Waals surface area contributed by atoms with Crippen molar-refractivity contribution in [2.45, 2.75) is 6.92 Å². The Kier molecular flexibility index (Phi) is 8.09. The Labute approximate surface area is 240 Å². The molecule has 5 rings (SSSR count). The summed E-state index contributed by atoms with van der Waals surface area (Å²) >= 11 is 6.49. The molecule has 2 N–H and O–H groups in total. The lowest BCUT2D eigenvalue weighted by Gasteiger charge is -2.11. The summed E-state index contributed by atoms with van der Waals surface area (Å²) in [5.41, 5.74) is 5.91. The third kappa shape index (κ3) is 5.81. The second kappa shape index (κ2) is 12.2. The molecule has 9 heteroatoms. The number of aromatic nitrogens is 1. The molecule has 0 unspecified atom stereocenters. The molecular formula is C32H23ClN4O4. The molecule has 202 valence electrons. The minimum atomic E-state index is -0.519. The number of hydrazone groups is 1. The fraction of sp³-hybridized carbons (Fsp3) is 0.0625. The van der Waals surface area contributed by atoms with E-state index in [1.165, 1.54) is 6.21 Å². The zero-order chi connectivity index (χ0) is 28.8. The number of carbonyl (C=O) groups excluding carboxylic acids is 2. The molecule has 0 saturated heterocycles. The van der Waals surface area contributed by atoms with E-state index < -0.39 is 11.9 Å². The zero-order valence-corrected chi connectivity index (χ0v) is 22.6. The lowest BCUT2D eigenvalue weighted by Crippen LogP contribution is -2.19. The van der Waals surface area contributed by atoms with Crippen LogP contribution in [0, 0.1) is 11.3 Å². The highest BCUT2D eigenvalue weighted by Gasteiger charge is 2.22. The molecule has 0 aliphatic carbocycles. The Hall–Kier alpha value is -5.39. The highest BCUT2D eigenvalue weighted by Crippen LogP contribution is 2.37. The van der Waals surface area contributed by atoms with Crippen molar-refractivity contribution >= 4 is 40.6 Å². The van der Waals surface area contributed by atoms with Gasteiger partial charge >= 0.3 is 5.97 Å². The summed E-state index contributed by atoms with van der Waals surface area (Å²) < 4.78 is 11.2. The Balaban J connectivity index is 1.40. The van der Waals surface area contributed by atoms with Crippen molar-refractivity contribution in [1.82, 2.24) is 10.4 Å². The standard InChI is InChI=1S/C32H23ClN4O4/c1-2-40-27-17-20(15-16-26(27)41-32(39)21-9-4-3-5-10-21)19-35-37-31(38)30-28(23-12-6-7-14-25(23)33)24-13-8-11-22(18-34)29(24)36-30/h3-17,19,36H,2H2,1H3,(H,37,38). The van der Waals surface area contributed by atoms with E-state index in [0.717, 1.165) is 0 Å². The van der Waals surface area contributed by atoms with Crippen LogP contribution in [0.15, 0.2) is 96.1 Å². The van der Waals surface area contributed by atoms with Crippen molar-refractivity contribution in [1.29, 1.82) is 5.26 Å². The maximum absolute atomic E-state index is 13.3. The number of rotatable bonds is 8. The van der Waals surface area contributed by atoms with Gasteiger partial charge in [-0.3, -0.25) is 4.79 Å². The molecule has 1 amide bonds. The third-order valence-electron chi connectivity index (χ3n) is 6.18. The molecule has 1 aromatic heterocycles. The first-order valence-corrected chi connectivity index (χ1v) is 13.0. The first-order chi connectivity index (χ1) is 20.0. The second-order valence-corrected chi connectivity index (χ2v) is 9.20. The van der Waals surface area contributed by atoms with Gasteiger partial charge in [-0.2, -0.15) is 10.4 Å². The van der Waals surface area contributed by atoms with Crippen LogP contribution in [0.25, 0.3) is 22.0 Å². The number of hydrogen-bond acceptors (Lipinski definition) is 6. The summed E-state index contributed by atoms with van der Waals surface area (Å²) in [6.07, 6.45) is 1.45. The van der Waals surface area contributed by atoms with E-state index in [0.29, 0.717) is 56.1 Å². The first-order valence-electron chi connectivity index (χ1n) is 12.7. The van der Waals surface area contributed by atoms with E-state index in [2.05, 4.69) is 21.6 Å². The summed E-state index contributed by atoms with van der Waals surface area (Å²) in [4.78, 5) is 28.9. The molecule has 0 bridgehead atoms. The molecule has 5 aromatic rings. The van der Waals surface area contributed by atoms with E-state index in [1.54, 1.807) is 66.7 Å². The van der Waals surface area contributed by atoms with Crippen LogP contribution < -0.4 is 14.9 Å². The number of halogens is 1. The SMILES string of the molecule is CCOc1cc(C=NNC(=O)c2[nH]c3c(C#N)cccc3c2-c2ccccc2Cl)ccc1OC(=O)c1ccccc1. The van der Waals surface area contributed by atoms with Crippen LogP contribution in [0.2, 0.25) is 5.02 Å². The van der Waals surface area contributed by atoms with Gasteiger partial charge in [0.15, 0.2) is 11.5 Å². The maximum atomic E-state index is 13.3. The topological polar surface area (TPSA) is 117 Å². The molecule has 1 heterocycles. The number of benzene rings is 4. The zero-order valence-electron chi connectivity index (χ0n) is 21.9. The van der Waals surface area contributed by atoms with E-state index in [4.69, 9.17) is 21.1 Å². The lowest BCUT2D eigenvalue weighted by molar-refractivity contribution is 0.0728. The maximum Gasteiger partial charge on any atom is 0.343 e. The third-order valence-corrected chi connectivity index (χ3v) is 6.51. The van der Waals surface area contributed by atoms with Crippen LogP contribution in [-0.2, 0) is 0 Å². The molecule has 0 radical (unpaired) electrons. The van der Waals surface area contributed by atoms with Crippen molar-refractivity contribution in [3.63, 3.8) is 0 Å². The van der Waals surface area contributed by atoms with Gasteiger partial charge in [-0.1, -0.05) is 60.1 Å². The van der Waals surface area contributed by atoms with Crippen molar-refractivity contribution in [3.05, 3.63) is 118 Å².